The van der Waals surface area contributed by atoms with Gasteiger partial charge in [-0.2, -0.15) is 0 Å². The molecule has 5 nitrogen and oxygen atoms in total. The number of carbonyl (C=O) groups is 2. The molecule has 0 aromatic carbocycles. The lowest BCUT2D eigenvalue weighted by atomic mass is 9.99. The van der Waals surface area contributed by atoms with Gasteiger partial charge in [0.1, 0.15) is 6.04 Å². The molecule has 0 spiro atoms. The first-order valence-electron chi connectivity index (χ1n) is 6.61. The summed E-state index contributed by atoms with van der Waals surface area (Å²) in [6.07, 6.45) is 1.88. The van der Waals surface area contributed by atoms with E-state index in [4.69, 9.17) is 5.11 Å². The molecular formula is C13H24N2O3. The van der Waals surface area contributed by atoms with E-state index in [9.17, 15) is 9.59 Å². The first-order chi connectivity index (χ1) is 8.36. The van der Waals surface area contributed by atoms with Gasteiger partial charge >= 0.3 is 12.0 Å². The van der Waals surface area contributed by atoms with E-state index < -0.39 is 12.0 Å². The fourth-order valence-electron chi connectivity index (χ4n) is 2.01. The number of nitrogens with one attached hydrogen (secondary N) is 1. The van der Waals surface area contributed by atoms with Crippen molar-refractivity contribution < 1.29 is 14.7 Å². The molecule has 0 saturated heterocycles. The quantitative estimate of drug-likeness (QED) is 0.761. The lowest BCUT2D eigenvalue weighted by Crippen LogP contribution is -2.50. The maximum absolute atomic E-state index is 11.9. The summed E-state index contributed by atoms with van der Waals surface area (Å²) in [4.78, 5) is 24.6. The van der Waals surface area contributed by atoms with E-state index in [1.807, 2.05) is 13.8 Å². The largest absolute Gasteiger partial charge is 0.480 e. The van der Waals surface area contributed by atoms with E-state index in [1.165, 1.54) is 0 Å². The molecule has 18 heavy (non-hydrogen) atoms. The molecule has 2 N–H and O–H groups in total. The van der Waals surface area contributed by atoms with Gasteiger partial charge in [-0.1, -0.05) is 27.2 Å². The second kappa shape index (κ2) is 6.07. The molecule has 1 rings (SSSR count). The SMILES string of the molecule is CCC(C)C(NC(=O)N(C)CC1CC1C)C(=O)O. The maximum Gasteiger partial charge on any atom is 0.326 e. The summed E-state index contributed by atoms with van der Waals surface area (Å²) in [5.41, 5.74) is 0. The van der Waals surface area contributed by atoms with Crippen LogP contribution in [0.1, 0.15) is 33.6 Å². The fourth-order valence-corrected chi connectivity index (χ4v) is 2.01. The van der Waals surface area contributed by atoms with Crippen LogP contribution in [0.25, 0.3) is 0 Å². The van der Waals surface area contributed by atoms with Crippen LogP contribution >= 0.6 is 0 Å². The normalized spacial score (nSPS) is 25.1. The smallest absolute Gasteiger partial charge is 0.326 e. The minimum absolute atomic E-state index is 0.0697. The van der Waals surface area contributed by atoms with Crippen LogP contribution in [0.4, 0.5) is 4.79 Å². The van der Waals surface area contributed by atoms with Gasteiger partial charge in [0, 0.05) is 13.6 Å². The van der Waals surface area contributed by atoms with Crippen molar-refractivity contribution >= 4 is 12.0 Å². The van der Waals surface area contributed by atoms with Gasteiger partial charge in [0.2, 0.25) is 0 Å². The monoisotopic (exact) mass is 256 g/mol. The molecule has 104 valence electrons. The molecule has 1 fully saturated rings. The van der Waals surface area contributed by atoms with Crippen LogP contribution in [0, 0.1) is 17.8 Å². The highest BCUT2D eigenvalue weighted by Gasteiger charge is 2.35. The summed E-state index contributed by atoms with van der Waals surface area (Å²) in [6.45, 7) is 6.62. The van der Waals surface area contributed by atoms with Crippen LogP contribution < -0.4 is 5.32 Å². The van der Waals surface area contributed by atoms with Crippen molar-refractivity contribution in [3.63, 3.8) is 0 Å². The number of carbonyl (C=O) groups excluding carboxylic acids is 1. The highest BCUT2D eigenvalue weighted by Crippen LogP contribution is 2.37. The van der Waals surface area contributed by atoms with Crippen molar-refractivity contribution in [3.05, 3.63) is 0 Å². The van der Waals surface area contributed by atoms with Crippen LogP contribution in [0.2, 0.25) is 0 Å². The van der Waals surface area contributed by atoms with Gasteiger partial charge in [-0.05, 0) is 24.2 Å². The number of aliphatic carboxylic acids is 1. The summed E-state index contributed by atoms with van der Waals surface area (Å²) in [7, 11) is 1.72. The van der Waals surface area contributed by atoms with Crippen LogP contribution in [-0.2, 0) is 4.79 Å². The average molecular weight is 256 g/mol. The molecule has 0 aromatic rings. The van der Waals surface area contributed by atoms with E-state index >= 15 is 0 Å². The molecule has 4 atom stereocenters. The Morgan fingerprint density at radius 1 is 1.50 bits per heavy atom. The molecule has 0 bridgehead atoms. The molecule has 1 aliphatic rings. The zero-order chi connectivity index (χ0) is 13.9. The lowest BCUT2D eigenvalue weighted by molar-refractivity contribution is -0.140. The second-order valence-electron chi connectivity index (χ2n) is 5.50. The third kappa shape index (κ3) is 3.89. The molecule has 4 unspecified atom stereocenters. The number of hydrogen-bond donors (Lipinski definition) is 2. The Balaban J connectivity index is 2.47. The Morgan fingerprint density at radius 3 is 2.44 bits per heavy atom. The Morgan fingerprint density at radius 2 is 2.06 bits per heavy atom. The van der Waals surface area contributed by atoms with Gasteiger partial charge < -0.3 is 15.3 Å². The highest BCUT2D eigenvalue weighted by atomic mass is 16.4. The number of carboxylic acids is 1. The number of hydrogen-bond acceptors (Lipinski definition) is 2. The highest BCUT2D eigenvalue weighted by molar-refractivity contribution is 5.82. The van der Waals surface area contributed by atoms with E-state index in [0.717, 1.165) is 12.8 Å². The average Bonchev–Trinajstić information content (AvgIpc) is 2.99. The molecule has 5 heteroatoms. The van der Waals surface area contributed by atoms with Crippen molar-refractivity contribution in [3.8, 4) is 0 Å². The minimum atomic E-state index is -0.967. The van der Waals surface area contributed by atoms with E-state index in [0.29, 0.717) is 18.4 Å². The topological polar surface area (TPSA) is 69.6 Å². The molecule has 0 heterocycles. The van der Waals surface area contributed by atoms with Crippen molar-refractivity contribution in [1.82, 2.24) is 10.2 Å². The van der Waals surface area contributed by atoms with Gasteiger partial charge in [-0.3, -0.25) is 0 Å². The molecule has 0 aliphatic heterocycles. The predicted molar refractivity (Wildman–Crippen MR) is 69.3 cm³/mol. The maximum atomic E-state index is 11.9. The van der Waals surface area contributed by atoms with Crippen LogP contribution in [0.5, 0.6) is 0 Å². The summed E-state index contributed by atoms with van der Waals surface area (Å²) >= 11 is 0. The minimum Gasteiger partial charge on any atom is -0.480 e. The van der Waals surface area contributed by atoms with Gasteiger partial charge in [-0.15, -0.1) is 0 Å². The van der Waals surface area contributed by atoms with Crippen molar-refractivity contribution in [2.24, 2.45) is 17.8 Å². The summed E-state index contributed by atoms with van der Waals surface area (Å²) in [5, 5.41) is 11.7. The molecule has 1 aliphatic carbocycles. The van der Waals surface area contributed by atoms with E-state index in [2.05, 4.69) is 12.2 Å². The Labute approximate surface area is 109 Å². The van der Waals surface area contributed by atoms with Gasteiger partial charge in [0.25, 0.3) is 0 Å². The summed E-state index contributed by atoms with van der Waals surface area (Å²) in [5.74, 6) is 0.225. The number of urea groups is 1. The lowest BCUT2D eigenvalue weighted by Gasteiger charge is -2.24. The number of amides is 2. The molecule has 0 radical (unpaired) electrons. The predicted octanol–water partition coefficient (Wildman–Crippen LogP) is 1.78. The standard InChI is InChI=1S/C13H24N2O3/c1-5-8(2)11(12(16)17)14-13(18)15(4)7-10-6-9(10)3/h8-11H,5-7H2,1-4H3,(H,14,18)(H,16,17). The van der Waals surface area contributed by atoms with Crippen molar-refractivity contribution in [2.45, 2.75) is 39.7 Å². The first kappa shape index (κ1) is 14.8. The molecule has 0 aromatic heterocycles. The summed E-state index contributed by atoms with van der Waals surface area (Å²) < 4.78 is 0. The van der Waals surface area contributed by atoms with Gasteiger partial charge in [0.15, 0.2) is 0 Å². The Bertz CT molecular complexity index is 319. The fraction of sp³-hybridized carbons (Fsp3) is 0.846. The van der Waals surface area contributed by atoms with Crippen molar-refractivity contribution in [1.29, 1.82) is 0 Å². The third-order valence-corrected chi connectivity index (χ3v) is 3.89. The van der Waals surface area contributed by atoms with Gasteiger partial charge in [0.05, 0.1) is 0 Å². The second-order valence-corrected chi connectivity index (χ2v) is 5.50. The molecule has 1 saturated carbocycles. The molecule has 2 amide bonds. The Kier molecular flexibility index (Phi) is 4.99. The van der Waals surface area contributed by atoms with Crippen LogP contribution in [-0.4, -0.2) is 41.6 Å². The number of carboxylic acid groups (broad SMARTS) is 1. The third-order valence-electron chi connectivity index (χ3n) is 3.89. The summed E-state index contributed by atoms with van der Waals surface area (Å²) in [6, 6.07) is -1.09. The van der Waals surface area contributed by atoms with Crippen molar-refractivity contribution in [2.75, 3.05) is 13.6 Å². The Hall–Kier alpha value is -1.26. The van der Waals surface area contributed by atoms with E-state index in [-0.39, 0.29) is 11.9 Å². The van der Waals surface area contributed by atoms with E-state index in [1.54, 1.807) is 11.9 Å². The number of rotatable bonds is 6. The van der Waals surface area contributed by atoms with Gasteiger partial charge in [-0.25, -0.2) is 9.59 Å². The first-order valence-corrected chi connectivity index (χ1v) is 6.61. The molecular weight excluding hydrogens is 232 g/mol. The zero-order valence-corrected chi connectivity index (χ0v) is 11.6. The number of nitrogens with zero attached hydrogens (tertiary/aromatic N) is 1. The van der Waals surface area contributed by atoms with Crippen LogP contribution in [0.3, 0.4) is 0 Å². The van der Waals surface area contributed by atoms with Crippen LogP contribution in [0.15, 0.2) is 0 Å². The zero-order valence-electron chi connectivity index (χ0n) is 11.6.